The van der Waals surface area contributed by atoms with E-state index in [2.05, 4.69) is 31.7 Å². The molecule has 5 fully saturated rings. The highest BCUT2D eigenvalue weighted by atomic mass is 16.6. The summed E-state index contributed by atoms with van der Waals surface area (Å²) in [6, 6.07) is 4.59. The van der Waals surface area contributed by atoms with Gasteiger partial charge in [0.25, 0.3) is 0 Å². The Morgan fingerprint density at radius 2 is 1.95 bits per heavy atom. The molecule has 8 rings (SSSR count). The number of likely N-dealkylation sites (tertiary alicyclic amines) is 1. The van der Waals surface area contributed by atoms with Gasteiger partial charge in [-0.25, -0.2) is 0 Å². The predicted molar refractivity (Wildman–Crippen MR) is 144 cm³/mol. The monoisotopic (exact) mass is 523 g/mol. The van der Waals surface area contributed by atoms with E-state index in [1.807, 2.05) is 27.0 Å². The van der Waals surface area contributed by atoms with Crippen molar-refractivity contribution in [3.05, 3.63) is 23.3 Å². The highest BCUT2D eigenvalue weighted by Crippen LogP contribution is 2.78. The van der Waals surface area contributed by atoms with Crippen LogP contribution < -0.4 is 9.47 Å². The second-order valence-electron chi connectivity index (χ2n) is 14.6. The maximum Gasteiger partial charge on any atom is 0.311 e. The van der Waals surface area contributed by atoms with Crippen LogP contribution in [0.2, 0.25) is 0 Å². The van der Waals surface area contributed by atoms with Crippen LogP contribution in [0, 0.1) is 22.7 Å². The third-order valence-corrected chi connectivity index (χ3v) is 12.4. The molecule has 2 spiro atoms. The number of fused-ring (bicyclic) bond motifs is 2. The molecule has 0 aromatic heterocycles. The molecule has 7 aliphatic rings. The fourth-order valence-electron chi connectivity index (χ4n) is 9.85. The minimum absolute atomic E-state index is 0.00334. The molecule has 1 saturated heterocycles. The lowest BCUT2D eigenvalue weighted by atomic mass is 9.33. The number of nitrogens with zero attached hydrogens (tertiary/aromatic N) is 1. The van der Waals surface area contributed by atoms with Gasteiger partial charge in [0.1, 0.15) is 11.7 Å². The second-order valence-corrected chi connectivity index (χ2v) is 14.6. The van der Waals surface area contributed by atoms with Crippen LogP contribution in [-0.4, -0.2) is 59.5 Å². The molecule has 208 valence electrons. The van der Waals surface area contributed by atoms with E-state index in [4.69, 9.17) is 14.2 Å². The van der Waals surface area contributed by atoms with Crippen molar-refractivity contribution in [1.82, 2.24) is 4.90 Å². The number of aliphatic hydroxyl groups is 1. The lowest BCUT2D eigenvalue weighted by molar-refractivity contribution is -0.312. The first-order valence-electron chi connectivity index (χ1n) is 15.0. The first kappa shape index (κ1) is 25.3. The van der Waals surface area contributed by atoms with Crippen LogP contribution in [0.25, 0.3) is 0 Å². The smallest absolute Gasteiger partial charge is 0.311 e. The summed E-state index contributed by atoms with van der Waals surface area (Å²) in [6.07, 6.45) is 7.76. The van der Waals surface area contributed by atoms with Crippen molar-refractivity contribution in [1.29, 1.82) is 0 Å². The van der Waals surface area contributed by atoms with Crippen LogP contribution in [0.4, 0.5) is 0 Å². The molecule has 4 bridgehead atoms. The third kappa shape index (κ3) is 2.88. The van der Waals surface area contributed by atoms with Gasteiger partial charge in [-0.2, -0.15) is 0 Å². The average molecular weight is 524 g/mol. The molecule has 5 aliphatic carbocycles. The van der Waals surface area contributed by atoms with Gasteiger partial charge in [-0.05, 0) is 81.4 Å². The van der Waals surface area contributed by atoms with Gasteiger partial charge < -0.3 is 19.3 Å². The molecule has 7 atom stereocenters. The maximum atomic E-state index is 12.4. The van der Waals surface area contributed by atoms with Crippen molar-refractivity contribution in [3.63, 3.8) is 0 Å². The normalized spacial score (nSPS) is 40.3. The Morgan fingerprint density at radius 3 is 2.61 bits per heavy atom. The fourth-order valence-corrected chi connectivity index (χ4v) is 9.85. The Labute approximate surface area is 227 Å². The Balaban J connectivity index is 1.45. The molecular weight excluding hydrogens is 478 g/mol. The van der Waals surface area contributed by atoms with Crippen molar-refractivity contribution in [2.75, 3.05) is 20.2 Å². The minimum Gasteiger partial charge on any atom is -0.482 e. The van der Waals surface area contributed by atoms with Crippen LogP contribution >= 0.6 is 0 Å². The predicted octanol–water partition coefficient (Wildman–Crippen LogP) is 5.02. The number of hydrogen-bond acceptors (Lipinski definition) is 6. The number of carbonyl (C=O) groups excluding carboxylic acids is 1. The lowest BCUT2D eigenvalue weighted by Crippen LogP contribution is -2.83. The number of methoxy groups -OCH3 is 1. The number of hydrogen-bond donors (Lipinski definition) is 1. The Bertz CT molecular complexity index is 1180. The Kier molecular flexibility index (Phi) is 5.18. The molecule has 6 heteroatoms. The summed E-state index contributed by atoms with van der Waals surface area (Å²) in [6.45, 7) is 12.6. The first-order valence-corrected chi connectivity index (χ1v) is 15.0. The molecule has 1 aromatic carbocycles. The van der Waals surface area contributed by atoms with E-state index in [1.54, 1.807) is 0 Å². The Hall–Kier alpha value is -1.63. The molecular formula is C32H45NO5. The average Bonchev–Trinajstić information content (AvgIpc) is 3.62. The fraction of sp³-hybridized carbons (Fsp3) is 0.781. The van der Waals surface area contributed by atoms with Gasteiger partial charge in [0, 0.05) is 48.4 Å². The van der Waals surface area contributed by atoms with Crippen molar-refractivity contribution >= 4 is 5.97 Å². The number of esters is 1. The highest BCUT2D eigenvalue weighted by Gasteiger charge is 2.82. The van der Waals surface area contributed by atoms with Crippen molar-refractivity contribution in [3.8, 4) is 11.5 Å². The number of carbonyl (C=O) groups is 1. The summed E-state index contributed by atoms with van der Waals surface area (Å²) in [7, 11) is 1.83. The van der Waals surface area contributed by atoms with E-state index in [-0.39, 0.29) is 34.2 Å². The highest BCUT2D eigenvalue weighted by molar-refractivity contribution is 5.74. The van der Waals surface area contributed by atoms with Crippen molar-refractivity contribution in [2.45, 2.75) is 115 Å². The van der Waals surface area contributed by atoms with Gasteiger partial charge in [0.05, 0.1) is 5.60 Å². The SMILES string of the molecule is CCC(=O)Oc1ccc2c3c1O[C@H]1[C@]4(OC)CC[C@@]5(C[C@@H]4[C@](C)(O)C(C)(C)C)[C@@H](C2)N(CC2CC2)CC[C@]315. The molecule has 2 aliphatic heterocycles. The number of rotatable bonds is 6. The van der Waals surface area contributed by atoms with E-state index in [0.717, 1.165) is 50.3 Å². The van der Waals surface area contributed by atoms with Crippen molar-refractivity contribution < 1.29 is 24.1 Å². The quantitative estimate of drug-likeness (QED) is 0.417. The zero-order valence-corrected chi connectivity index (χ0v) is 24.1. The standard InChI is InChI=1S/C32H45NO5/c1-7-24(34)37-21-11-10-20-16-23-30-12-13-32(36-6,22(17-30)29(5,35)28(2,3)4)27-31(30,25(20)26(21)38-27)14-15-33(23)18-19-8-9-19/h10-11,19,22-23,27,35H,7-9,12-18H2,1-6H3/t22-,23-,27-,29+,30-,31+,32+/m1/s1. The molecule has 1 aromatic rings. The summed E-state index contributed by atoms with van der Waals surface area (Å²) in [4.78, 5) is 15.3. The van der Waals surface area contributed by atoms with Crippen LogP contribution in [0.1, 0.15) is 90.7 Å². The number of ether oxygens (including phenoxy) is 3. The zero-order chi connectivity index (χ0) is 26.9. The van der Waals surface area contributed by atoms with E-state index in [1.165, 1.54) is 30.5 Å². The Morgan fingerprint density at radius 1 is 1.18 bits per heavy atom. The summed E-state index contributed by atoms with van der Waals surface area (Å²) in [5.74, 6) is 1.86. The van der Waals surface area contributed by atoms with E-state index in [0.29, 0.717) is 18.2 Å². The van der Waals surface area contributed by atoms with Gasteiger partial charge in [0.15, 0.2) is 11.5 Å². The van der Waals surface area contributed by atoms with E-state index < -0.39 is 11.2 Å². The lowest BCUT2D eigenvalue weighted by Gasteiger charge is -2.75. The summed E-state index contributed by atoms with van der Waals surface area (Å²) in [5, 5.41) is 12.3. The molecule has 1 N–H and O–H groups in total. The van der Waals surface area contributed by atoms with Crippen LogP contribution in [0.3, 0.4) is 0 Å². The number of piperidine rings is 1. The van der Waals surface area contributed by atoms with Gasteiger partial charge in [0.2, 0.25) is 0 Å². The molecule has 0 amide bonds. The molecule has 38 heavy (non-hydrogen) atoms. The largest absolute Gasteiger partial charge is 0.482 e. The topological polar surface area (TPSA) is 68.2 Å². The zero-order valence-electron chi connectivity index (χ0n) is 24.1. The van der Waals surface area contributed by atoms with Crippen molar-refractivity contribution in [2.24, 2.45) is 22.7 Å². The van der Waals surface area contributed by atoms with Gasteiger partial charge in [-0.15, -0.1) is 0 Å². The second kappa shape index (κ2) is 7.76. The summed E-state index contributed by atoms with van der Waals surface area (Å²) >= 11 is 0. The van der Waals surface area contributed by atoms with Gasteiger partial charge in [-0.3, -0.25) is 9.69 Å². The van der Waals surface area contributed by atoms with Crippen LogP contribution in [-0.2, 0) is 21.4 Å². The number of benzene rings is 1. The van der Waals surface area contributed by atoms with E-state index in [9.17, 15) is 9.90 Å². The molecule has 4 saturated carbocycles. The molecule has 6 nitrogen and oxygen atoms in total. The molecule has 0 radical (unpaired) electrons. The van der Waals surface area contributed by atoms with Gasteiger partial charge >= 0.3 is 5.97 Å². The first-order chi connectivity index (χ1) is 17.9. The minimum atomic E-state index is -0.941. The van der Waals surface area contributed by atoms with Crippen LogP contribution in [0.15, 0.2) is 12.1 Å². The van der Waals surface area contributed by atoms with Crippen LogP contribution in [0.5, 0.6) is 11.5 Å². The molecule has 2 heterocycles. The third-order valence-electron chi connectivity index (χ3n) is 12.4. The molecule has 0 unspecified atom stereocenters. The van der Waals surface area contributed by atoms with Gasteiger partial charge in [-0.1, -0.05) is 33.8 Å². The maximum absolute atomic E-state index is 12.4. The summed E-state index contributed by atoms with van der Waals surface area (Å²) < 4.78 is 19.6. The summed E-state index contributed by atoms with van der Waals surface area (Å²) in [5.41, 5.74) is 0.588. The van der Waals surface area contributed by atoms with E-state index >= 15 is 0 Å².